The van der Waals surface area contributed by atoms with E-state index in [-0.39, 0.29) is 11.5 Å². The highest BCUT2D eigenvalue weighted by Crippen LogP contribution is 2.37. The van der Waals surface area contributed by atoms with Crippen molar-refractivity contribution in [2.75, 3.05) is 13.2 Å². The zero-order valence-electron chi connectivity index (χ0n) is 14.0. The number of hydrogen-bond donors (Lipinski definition) is 1. The van der Waals surface area contributed by atoms with E-state index in [1.54, 1.807) is 0 Å². The van der Waals surface area contributed by atoms with Crippen LogP contribution in [0.4, 0.5) is 0 Å². The van der Waals surface area contributed by atoms with E-state index < -0.39 is 0 Å². The van der Waals surface area contributed by atoms with E-state index in [0.717, 1.165) is 18.9 Å². The van der Waals surface area contributed by atoms with Crippen LogP contribution in [0.2, 0.25) is 0 Å². The Labute approximate surface area is 127 Å². The van der Waals surface area contributed by atoms with Gasteiger partial charge in [-0.25, -0.2) is 0 Å². The number of nitrogens with zero attached hydrogens (tertiary/aromatic N) is 2. The number of likely N-dealkylation sites (N-methyl/N-ethyl adjacent to an activating group) is 1. The Kier molecular flexibility index (Phi) is 5.38. The topological polar surface area (TPSA) is 60.2 Å². The molecule has 0 radical (unpaired) electrons. The summed E-state index contributed by atoms with van der Waals surface area (Å²) in [5.74, 6) is 1.79. The molecule has 0 spiro atoms. The Hall–Kier alpha value is -0.940. The third kappa shape index (κ3) is 3.83. The summed E-state index contributed by atoms with van der Waals surface area (Å²) in [6, 6.07) is 0.462. The van der Waals surface area contributed by atoms with E-state index in [1.807, 2.05) is 6.92 Å². The Morgan fingerprint density at radius 2 is 2.10 bits per heavy atom. The number of rotatable bonds is 6. The van der Waals surface area contributed by atoms with Gasteiger partial charge in [0, 0.05) is 12.6 Å². The molecule has 5 heteroatoms. The number of ether oxygens (including phenoxy) is 1. The molecular formula is C16H29N3O2. The summed E-state index contributed by atoms with van der Waals surface area (Å²) in [7, 11) is 0. The summed E-state index contributed by atoms with van der Waals surface area (Å²) in [4.78, 5) is 4.67. The molecule has 1 aliphatic rings. The van der Waals surface area contributed by atoms with Crippen molar-refractivity contribution in [3.63, 3.8) is 0 Å². The van der Waals surface area contributed by atoms with Gasteiger partial charge < -0.3 is 14.6 Å². The zero-order chi connectivity index (χ0) is 15.5. The summed E-state index contributed by atoms with van der Waals surface area (Å²) >= 11 is 0. The molecule has 3 atom stereocenters. The number of aromatic nitrogens is 2. The Morgan fingerprint density at radius 3 is 2.71 bits per heavy atom. The SMILES string of the molecule is CCNC1CCCC1c1nc(C(OCC)C(C)(C)C)no1. The van der Waals surface area contributed by atoms with E-state index in [0.29, 0.717) is 24.4 Å². The first-order valence-corrected chi connectivity index (χ1v) is 8.15. The molecule has 1 fully saturated rings. The molecule has 0 aromatic carbocycles. The van der Waals surface area contributed by atoms with Crippen molar-refractivity contribution < 1.29 is 9.26 Å². The van der Waals surface area contributed by atoms with E-state index in [2.05, 4.69) is 43.2 Å². The molecule has 0 saturated heterocycles. The van der Waals surface area contributed by atoms with Crippen molar-refractivity contribution >= 4 is 0 Å². The lowest BCUT2D eigenvalue weighted by Crippen LogP contribution is -2.31. The quantitative estimate of drug-likeness (QED) is 0.871. The maximum atomic E-state index is 5.84. The molecule has 0 bridgehead atoms. The average molecular weight is 295 g/mol. The fourth-order valence-corrected chi connectivity index (χ4v) is 3.14. The molecular weight excluding hydrogens is 266 g/mol. The first kappa shape index (κ1) is 16.4. The molecule has 120 valence electrons. The number of hydrogen-bond acceptors (Lipinski definition) is 5. The average Bonchev–Trinajstić information content (AvgIpc) is 3.03. The molecule has 21 heavy (non-hydrogen) atoms. The van der Waals surface area contributed by atoms with Crippen LogP contribution in [0.5, 0.6) is 0 Å². The van der Waals surface area contributed by atoms with Crippen LogP contribution < -0.4 is 5.32 Å². The van der Waals surface area contributed by atoms with Gasteiger partial charge in [-0.15, -0.1) is 0 Å². The summed E-state index contributed by atoms with van der Waals surface area (Å²) in [6.07, 6.45) is 3.39. The van der Waals surface area contributed by atoms with Crippen LogP contribution in [-0.4, -0.2) is 29.3 Å². The fraction of sp³-hybridized carbons (Fsp3) is 0.875. The monoisotopic (exact) mass is 295 g/mol. The van der Waals surface area contributed by atoms with E-state index >= 15 is 0 Å². The Morgan fingerprint density at radius 1 is 1.33 bits per heavy atom. The van der Waals surface area contributed by atoms with Crippen molar-refractivity contribution in [1.29, 1.82) is 0 Å². The fourth-order valence-electron chi connectivity index (χ4n) is 3.14. The first-order chi connectivity index (χ1) is 9.97. The van der Waals surface area contributed by atoms with Crippen LogP contribution in [-0.2, 0) is 4.74 Å². The van der Waals surface area contributed by atoms with Gasteiger partial charge in [-0.1, -0.05) is 39.3 Å². The summed E-state index contributed by atoms with van der Waals surface area (Å²) in [6.45, 7) is 12.2. The third-order valence-electron chi connectivity index (χ3n) is 4.11. The third-order valence-corrected chi connectivity index (χ3v) is 4.11. The second-order valence-corrected chi connectivity index (χ2v) is 6.89. The van der Waals surface area contributed by atoms with Crippen LogP contribution in [0.15, 0.2) is 4.52 Å². The molecule has 1 aromatic rings. The number of nitrogens with one attached hydrogen (secondary N) is 1. The maximum absolute atomic E-state index is 5.84. The predicted octanol–water partition coefficient (Wildman–Crippen LogP) is 3.44. The van der Waals surface area contributed by atoms with Crippen molar-refractivity contribution in [3.05, 3.63) is 11.7 Å². The van der Waals surface area contributed by atoms with Gasteiger partial charge in [0.05, 0.1) is 5.92 Å². The highest BCUT2D eigenvalue weighted by molar-refractivity contribution is 5.05. The first-order valence-electron chi connectivity index (χ1n) is 8.15. The van der Waals surface area contributed by atoms with Crippen LogP contribution in [0.3, 0.4) is 0 Å². The van der Waals surface area contributed by atoms with Gasteiger partial charge in [0.1, 0.15) is 6.10 Å². The van der Waals surface area contributed by atoms with Crippen molar-refractivity contribution in [2.24, 2.45) is 5.41 Å². The zero-order valence-corrected chi connectivity index (χ0v) is 14.0. The molecule has 0 amide bonds. The molecule has 1 aromatic heterocycles. The largest absolute Gasteiger partial charge is 0.370 e. The maximum Gasteiger partial charge on any atom is 0.231 e. The molecule has 1 aliphatic carbocycles. The molecule has 1 N–H and O–H groups in total. The van der Waals surface area contributed by atoms with Crippen molar-refractivity contribution in [2.45, 2.75) is 71.9 Å². The van der Waals surface area contributed by atoms with E-state index in [4.69, 9.17) is 9.26 Å². The molecule has 3 unspecified atom stereocenters. The lowest BCUT2D eigenvalue weighted by Gasteiger charge is -2.27. The summed E-state index contributed by atoms with van der Waals surface area (Å²) in [5.41, 5.74) is -0.0477. The lowest BCUT2D eigenvalue weighted by molar-refractivity contribution is -0.0203. The van der Waals surface area contributed by atoms with Gasteiger partial charge in [-0.2, -0.15) is 4.98 Å². The van der Waals surface area contributed by atoms with Crippen LogP contribution in [0.25, 0.3) is 0 Å². The van der Waals surface area contributed by atoms with Gasteiger partial charge in [-0.05, 0) is 31.7 Å². The normalized spacial score (nSPS) is 24.4. The van der Waals surface area contributed by atoms with Gasteiger partial charge in [0.15, 0.2) is 0 Å². The molecule has 5 nitrogen and oxygen atoms in total. The molecule has 2 rings (SSSR count). The van der Waals surface area contributed by atoms with Gasteiger partial charge in [0.25, 0.3) is 0 Å². The minimum Gasteiger partial charge on any atom is -0.370 e. The van der Waals surface area contributed by atoms with Gasteiger partial charge in [-0.3, -0.25) is 0 Å². The molecule has 0 aliphatic heterocycles. The van der Waals surface area contributed by atoms with Crippen molar-refractivity contribution in [3.8, 4) is 0 Å². The van der Waals surface area contributed by atoms with Crippen LogP contribution in [0, 0.1) is 5.41 Å². The van der Waals surface area contributed by atoms with Gasteiger partial charge in [0.2, 0.25) is 11.7 Å². The molecule has 1 heterocycles. The second-order valence-electron chi connectivity index (χ2n) is 6.89. The highest BCUT2D eigenvalue weighted by atomic mass is 16.5. The van der Waals surface area contributed by atoms with E-state index in [9.17, 15) is 0 Å². The highest BCUT2D eigenvalue weighted by Gasteiger charge is 2.35. The second kappa shape index (κ2) is 6.88. The minimum atomic E-state index is -0.126. The van der Waals surface area contributed by atoms with E-state index in [1.165, 1.54) is 12.8 Å². The lowest BCUT2D eigenvalue weighted by atomic mass is 9.88. The van der Waals surface area contributed by atoms with Crippen LogP contribution in [0.1, 0.15) is 77.6 Å². The standard InChI is InChI=1S/C16H29N3O2/c1-6-17-12-10-8-9-11(12)15-18-14(19-21-15)13(20-7-2)16(3,4)5/h11-13,17H,6-10H2,1-5H3. The predicted molar refractivity (Wildman–Crippen MR) is 82.2 cm³/mol. The minimum absolute atomic E-state index is 0.0477. The van der Waals surface area contributed by atoms with Crippen LogP contribution >= 0.6 is 0 Å². The summed E-state index contributed by atoms with van der Waals surface area (Å²) < 4.78 is 11.4. The van der Waals surface area contributed by atoms with Gasteiger partial charge >= 0.3 is 0 Å². The Balaban J connectivity index is 2.16. The summed E-state index contributed by atoms with van der Waals surface area (Å²) in [5, 5.41) is 7.73. The van der Waals surface area contributed by atoms with Crippen molar-refractivity contribution in [1.82, 2.24) is 15.5 Å². The smallest absolute Gasteiger partial charge is 0.231 e. The molecule has 1 saturated carbocycles. The Bertz CT molecular complexity index is 439.